The van der Waals surface area contributed by atoms with Gasteiger partial charge in [0, 0.05) is 12.3 Å². The molecule has 0 aromatic carbocycles. The van der Waals surface area contributed by atoms with E-state index in [0.29, 0.717) is 11.6 Å². The van der Waals surface area contributed by atoms with Crippen molar-refractivity contribution in [2.75, 3.05) is 0 Å². The van der Waals surface area contributed by atoms with Crippen molar-refractivity contribution in [1.29, 1.82) is 0 Å². The fraction of sp³-hybridized carbons (Fsp3) is 0.500. The molecule has 1 N–H and O–H groups in total. The third-order valence-corrected chi connectivity index (χ3v) is 1.73. The predicted octanol–water partition coefficient (Wildman–Crippen LogP) is 3.35. The first-order chi connectivity index (χ1) is 8.50. The minimum Gasteiger partial charge on any atom is -0.476 e. The maximum atomic E-state index is 10.9. The van der Waals surface area contributed by atoms with Gasteiger partial charge in [-0.25, -0.2) is 0 Å². The van der Waals surface area contributed by atoms with Crippen molar-refractivity contribution in [3.63, 3.8) is 0 Å². The fourth-order valence-corrected chi connectivity index (χ4v) is 1.17. The van der Waals surface area contributed by atoms with Crippen molar-refractivity contribution in [2.24, 2.45) is 0 Å². The van der Waals surface area contributed by atoms with Crippen molar-refractivity contribution in [3.8, 4) is 0 Å². The van der Waals surface area contributed by atoms with Crippen LogP contribution in [0.5, 0.6) is 0 Å². The second-order valence-electron chi connectivity index (χ2n) is 3.08. The molecule has 18 heavy (non-hydrogen) atoms. The zero-order valence-corrected chi connectivity index (χ0v) is 12.4. The molecule has 0 unspecified atom stereocenters. The molecule has 1 atom stereocenters. The van der Waals surface area contributed by atoms with Crippen LogP contribution in [0.2, 0.25) is 0 Å². The highest BCUT2D eigenvalue weighted by molar-refractivity contribution is 5.89. The summed E-state index contributed by atoms with van der Waals surface area (Å²) in [5, 5.41) is 2.58. The summed E-state index contributed by atoms with van der Waals surface area (Å²) in [5.74, 6) is 0.954. The molecule has 0 spiro atoms. The van der Waals surface area contributed by atoms with Gasteiger partial charge in [-0.2, -0.15) is 0 Å². The zero-order valence-electron chi connectivity index (χ0n) is 12.4. The van der Waals surface area contributed by atoms with Crippen LogP contribution >= 0.6 is 0 Å². The van der Waals surface area contributed by atoms with Gasteiger partial charge in [0.2, 0.25) is 0 Å². The second kappa shape index (κ2) is 10.4. The average molecular weight is 254 g/mol. The highest BCUT2D eigenvalue weighted by atomic mass is 16.5. The minimum absolute atomic E-state index is 0.172. The summed E-state index contributed by atoms with van der Waals surface area (Å²) in [5.41, 5.74) is 0. The molecule has 104 valence electrons. The molecule has 1 aliphatic rings. The zero-order chi connectivity index (χ0) is 14.7. The number of hydrogen-bond donors (Lipinski definition) is 1. The Bertz CT molecular complexity index is 309. The Kier molecular flexibility index (Phi) is 10.8. The van der Waals surface area contributed by atoms with Crippen molar-refractivity contribution in [2.45, 2.75) is 47.8 Å². The number of carbonyl (C=O) groups is 1. The monoisotopic (exact) mass is 254 g/mol. The molecule has 0 saturated heterocycles. The standard InChI is InChI=1S/C10H14N2O2.2C2H6/c1-7(2)14-9(4)12-6-5-10(13)11-8(12)3;2*1-2/h5-6,9H,1,3H2,2,4H3,(H,11,13);2*1-2H3/t9-;;/m1../s1. The lowest BCUT2D eigenvalue weighted by molar-refractivity contribution is -0.117. The first-order valence-corrected chi connectivity index (χ1v) is 6.29. The summed E-state index contributed by atoms with van der Waals surface area (Å²) >= 11 is 0. The Labute approximate surface area is 111 Å². The van der Waals surface area contributed by atoms with Gasteiger partial charge in [0.1, 0.15) is 5.82 Å². The molecule has 0 aromatic heterocycles. The fourth-order valence-electron chi connectivity index (χ4n) is 1.17. The molecule has 0 saturated carbocycles. The van der Waals surface area contributed by atoms with Gasteiger partial charge in [-0.05, 0) is 13.8 Å². The summed E-state index contributed by atoms with van der Waals surface area (Å²) in [6.45, 7) is 19.0. The van der Waals surface area contributed by atoms with Crippen molar-refractivity contribution in [1.82, 2.24) is 10.2 Å². The summed E-state index contributed by atoms with van der Waals surface area (Å²) in [6, 6.07) is 0. The van der Waals surface area contributed by atoms with E-state index in [2.05, 4.69) is 18.5 Å². The average Bonchev–Trinajstić information content (AvgIpc) is 2.33. The van der Waals surface area contributed by atoms with Gasteiger partial charge in [-0.3, -0.25) is 9.69 Å². The molecule has 0 radical (unpaired) electrons. The second-order valence-corrected chi connectivity index (χ2v) is 3.08. The lowest BCUT2D eigenvalue weighted by Gasteiger charge is -2.31. The molecular weight excluding hydrogens is 228 g/mol. The predicted molar refractivity (Wildman–Crippen MR) is 76.3 cm³/mol. The molecule has 0 bridgehead atoms. The molecule has 1 aliphatic heterocycles. The highest BCUT2D eigenvalue weighted by Crippen LogP contribution is 2.13. The van der Waals surface area contributed by atoms with Gasteiger partial charge in [0.25, 0.3) is 5.91 Å². The van der Waals surface area contributed by atoms with Gasteiger partial charge in [0.15, 0.2) is 6.23 Å². The Balaban J connectivity index is 0. The van der Waals surface area contributed by atoms with Crippen LogP contribution < -0.4 is 5.32 Å². The SMILES string of the molecule is C=C(C)O[C@H](C)N1C=CC(=O)NC1=C.CC.CC. The largest absolute Gasteiger partial charge is 0.476 e. The summed E-state index contributed by atoms with van der Waals surface area (Å²) in [7, 11) is 0. The van der Waals surface area contributed by atoms with Crippen LogP contribution in [0.25, 0.3) is 0 Å². The van der Waals surface area contributed by atoms with E-state index < -0.39 is 0 Å². The summed E-state index contributed by atoms with van der Waals surface area (Å²) < 4.78 is 5.36. The third kappa shape index (κ3) is 6.78. The number of nitrogens with zero attached hydrogens (tertiary/aromatic N) is 1. The van der Waals surface area contributed by atoms with Crippen molar-refractivity contribution < 1.29 is 9.53 Å². The van der Waals surface area contributed by atoms with Crippen LogP contribution in [0.3, 0.4) is 0 Å². The Hall–Kier alpha value is -1.71. The number of nitrogens with one attached hydrogen (secondary N) is 1. The van der Waals surface area contributed by atoms with Crippen LogP contribution in [0.15, 0.2) is 37.0 Å². The number of rotatable bonds is 3. The first kappa shape index (κ1) is 18.6. The molecule has 4 heteroatoms. The van der Waals surface area contributed by atoms with Crippen LogP contribution in [-0.4, -0.2) is 17.0 Å². The molecule has 0 aromatic rings. The molecule has 1 rings (SSSR count). The van der Waals surface area contributed by atoms with Crippen LogP contribution in [-0.2, 0) is 9.53 Å². The molecule has 1 heterocycles. The van der Waals surface area contributed by atoms with Gasteiger partial charge in [-0.1, -0.05) is 40.9 Å². The van der Waals surface area contributed by atoms with E-state index in [0.717, 1.165) is 0 Å². The number of hydrogen-bond acceptors (Lipinski definition) is 3. The molecular formula is C14H26N2O2. The molecule has 4 nitrogen and oxygen atoms in total. The lowest BCUT2D eigenvalue weighted by Crippen LogP contribution is -2.40. The van der Waals surface area contributed by atoms with Crippen molar-refractivity contribution >= 4 is 5.91 Å². The Morgan fingerprint density at radius 1 is 1.39 bits per heavy atom. The first-order valence-electron chi connectivity index (χ1n) is 6.29. The highest BCUT2D eigenvalue weighted by Gasteiger charge is 2.18. The quantitative estimate of drug-likeness (QED) is 0.785. The van der Waals surface area contributed by atoms with Crippen LogP contribution in [0.4, 0.5) is 0 Å². The summed E-state index contributed by atoms with van der Waals surface area (Å²) in [4.78, 5) is 12.6. The Morgan fingerprint density at radius 3 is 2.28 bits per heavy atom. The number of ether oxygens (including phenoxy) is 1. The van der Waals surface area contributed by atoms with E-state index in [9.17, 15) is 4.79 Å². The summed E-state index contributed by atoms with van der Waals surface area (Å²) in [6.07, 6.45) is 2.83. The smallest absolute Gasteiger partial charge is 0.250 e. The van der Waals surface area contributed by atoms with E-state index in [-0.39, 0.29) is 12.1 Å². The Morgan fingerprint density at radius 2 is 1.89 bits per heavy atom. The number of carbonyl (C=O) groups excluding carboxylic acids is 1. The third-order valence-electron chi connectivity index (χ3n) is 1.73. The van der Waals surface area contributed by atoms with E-state index in [1.165, 1.54) is 6.08 Å². The molecule has 1 amide bonds. The normalized spacial score (nSPS) is 14.4. The van der Waals surface area contributed by atoms with Gasteiger partial charge >= 0.3 is 0 Å². The van der Waals surface area contributed by atoms with E-state index >= 15 is 0 Å². The topological polar surface area (TPSA) is 41.6 Å². The van der Waals surface area contributed by atoms with E-state index in [4.69, 9.17) is 4.74 Å². The minimum atomic E-state index is -0.225. The van der Waals surface area contributed by atoms with Gasteiger partial charge in [-0.15, -0.1) is 0 Å². The van der Waals surface area contributed by atoms with E-state index in [1.807, 2.05) is 34.6 Å². The van der Waals surface area contributed by atoms with Crippen LogP contribution in [0, 0.1) is 0 Å². The van der Waals surface area contributed by atoms with Gasteiger partial charge in [0.05, 0.1) is 5.76 Å². The lowest BCUT2D eigenvalue weighted by atomic mass is 10.4. The molecule has 0 aliphatic carbocycles. The number of amides is 1. The van der Waals surface area contributed by atoms with E-state index in [1.54, 1.807) is 18.0 Å². The molecule has 0 fully saturated rings. The maximum Gasteiger partial charge on any atom is 0.250 e. The van der Waals surface area contributed by atoms with Crippen molar-refractivity contribution in [3.05, 3.63) is 37.0 Å². The maximum absolute atomic E-state index is 10.9. The van der Waals surface area contributed by atoms with Crippen LogP contribution in [0.1, 0.15) is 41.5 Å². The number of allylic oxidation sites excluding steroid dienone is 1. The van der Waals surface area contributed by atoms with Gasteiger partial charge < -0.3 is 10.1 Å².